The summed E-state index contributed by atoms with van der Waals surface area (Å²) in [5, 5.41) is 0. The first-order chi connectivity index (χ1) is 14.3. The Bertz CT molecular complexity index is 757. The van der Waals surface area contributed by atoms with Crippen LogP contribution in [-0.2, 0) is 11.3 Å². The number of hydrogen-bond donors (Lipinski definition) is 0. The summed E-state index contributed by atoms with van der Waals surface area (Å²) in [5.41, 5.74) is 1.12. The van der Waals surface area contributed by atoms with Gasteiger partial charge in [-0.05, 0) is 18.2 Å². The Morgan fingerprint density at radius 3 is 2.17 bits per heavy atom. The molecule has 2 aromatic heterocycles. The van der Waals surface area contributed by atoms with Crippen molar-refractivity contribution in [3.63, 3.8) is 0 Å². The molecule has 4 heterocycles. The first-order valence-electron chi connectivity index (χ1n) is 10.4. The van der Waals surface area contributed by atoms with E-state index in [1.165, 1.54) is 0 Å². The van der Waals surface area contributed by atoms with Crippen LogP contribution in [0.3, 0.4) is 0 Å². The van der Waals surface area contributed by atoms with Crippen molar-refractivity contribution in [2.75, 3.05) is 63.8 Å². The molecule has 0 aliphatic carbocycles. The van der Waals surface area contributed by atoms with E-state index in [0.717, 1.165) is 77.1 Å². The second-order valence-corrected chi connectivity index (χ2v) is 7.61. The number of carbonyl (C=O) groups excluding carboxylic acids is 1. The molecule has 1 amide bonds. The summed E-state index contributed by atoms with van der Waals surface area (Å²) in [6.07, 6.45) is 5.97. The number of rotatable bonds is 6. The predicted molar refractivity (Wildman–Crippen MR) is 111 cm³/mol. The van der Waals surface area contributed by atoms with Gasteiger partial charge in [0.1, 0.15) is 0 Å². The number of anilines is 1. The number of hydrogen-bond acceptors (Lipinski definition) is 7. The molecule has 2 aromatic rings. The maximum atomic E-state index is 12.6. The summed E-state index contributed by atoms with van der Waals surface area (Å²) in [5.74, 6) is 1.01. The highest BCUT2D eigenvalue weighted by molar-refractivity contribution is 5.76. The average molecular weight is 396 g/mol. The number of nitrogens with zero attached hydrogens (tertiary/aromatic N) is 7. The fourth-order valence-corrected chi connectivity index (χ4v) is 3.91. The molecule has 0 bridgehead atoms. The van der Waals surface area contributed by atoms with Crippen molar-refractivity contribution in [1.82, 2.24) is 29.7 Å². The molecular formula is C21H29N7O. The van der Waals surface area contributed by atoms with Crippen molar-refractivity contribution in [3.8, 4) is 0 Å². The van der Waals surface area contributed by atoms with E-state index >= 15 is 0 Å². The monoisotopic (exact) mass is 395 g/mol. The number of piperazine rings is 2. The Morgan fingerprint density at radius 2 is 1.48 bits per heavy atom. The lowest BCUT2D eigenvalue weighted by atomic mass is 10.2. The third-order valence-corrected chi connectivity index (χ3v) is 5.69. The molecule has 0 aromatic carbocycles. The zero-order valence-corrected chi connectivity index (χ0v) is 16.9. The third kappa shape index (κ3) is 5.48. The molecule has 0 spiro atoms. The average Bonchev–Trinajstić information content (AvgIpc) is 2.80. The molecular weight excluding hydrogens is 366 g/mol. The molecule has 2 aliphatic heterocycles. The molecule has 4 rings (SSSR count). The lowest BCUT2D eigenvalue weighted by molar-refractivity contribution is -0.131. The Kier molecular flexibility index (Phi) is 6.63. The lowest BCUT2D eigenvalue weighted by Gasteiger charge is -2.36. The van der Waals surface area contributed by atoms with Gasteiger partial charge < -0.3 is 14.7 Å². The van der Waals surface area contributed by atoms with E-state index in [4.69, 9.17) is 0 Å². The Labute approximate surface area is 172 Å². The van der Waals surface area contributed by atoms with Crippen LogP contribution in [0, 0.1) is 0 Å². The van der Waals surface area contributed by atoms with E-state index in [9.17, 15) is 4.79 Å². The van der Waals surface area contributed by atoms with Gasteiger partial charge in [0.05, 0.1) is 5.69 Å². The molecule has 8 heteroatoms. The van der Waals surface area contributed by atoms with Crippen LogP contribution in [0.1, 0.15) is 12.1 Å². The van der Waals surface area contributed by atoms with Crippen molar-refractivity contribution >= 4 is 11.9 Å². The zero-order chi connectivity index (χ0) is 19.9. The Hall–Kier alpha value is -2.58. The van der Waals surface area contributed by atoms with Crippen molar-refractivity contribution in [1.29, 1.82) is 0 Å². The van der Waals surface area contributed by atoms with E-state index < -0.39 is 0 Å². The van der Waals surface area contributed by atoms with E-state index in [0.29, 0.717) is 6.42 Å². The van der Waals surface area contributed by atoms with E-state index in [1.807, 2.05) is 29.3 Å². The minimum Gasteiger partial charge on any atom is -0.339 e. The third-order valence-electron chi connectivity index (χ3n) is 5.69. The van der Waals surface area contributed by atoms with Crippen LogP contribution in [0.2, 0.25) is 0 Å². The minimum atomic E-state index is 0.259. The molecule has 0 unspecified atom stereocenters. The largest absolute Gasteiger partial charge is 0.339 e. The van der Waals surface area contributed by atoms with Gasteiger partial charge in [0.15, 0.2) is 0 Å². The van der Waals surface area contributed by atoms with Gasteiger partial charge in [-0.25, -0.2) is 9.97 Å². The Morgan fingerprint density at radius 1 is 0.793 bits per heavy atom. The standard InChI is InChI=1S/C21H29N7O/c29-20(27-14-16-28(17-15-27)21-23-7-3-8-24-21)5-9-25-10-12-26(13-11-25)18-19-4-1-2-6-22-19/h1-4,6-8H,5,9-18H2. The molecule has 2 aliphatic rings. The second-order valence-electron chi connectivity index (χ2n) is 7.61. The van der Waals surface area contributed by atoms with Crippen molar-refractivity contribution < 1.29 is 4.79 Å². The van der Waals surface area contributed by atoms with Crippen molar-refractivity contribution in [2.24, 2.45) is 0 Å². The highest BCUT2D eigenvalue weighted by Gasteiger charge is 2.23. The van der Waals surface area contributed by atoms with Crippen molar-refractivity contribution in [2.45, 2.75) is 13.0 Å². The van der Waals surface area contributed by atoms with Gasteiger partial charge in [0, 0.05) is 90.5 Å². The van der Waals surface area contributed by atoms with Gasteiger partial charge in [-0.1, -0.05) is 6.07 Å². The van der Waals surface area contributed by atoms with Crippen LogP contribution < -0.4 is 4.90 Å². The summed E-state index contributed by atoms with van der Waals surface area (Å²) in [4.78, 5) is 34.6. The normalized spacial score (nSPS) is 18.8. The summed E-state index contributed by atoms with van der Waals surface area (Å²) in [6.45, 7) is 8.91. The summed E-state index contributed by atoms with van der Waals surface area (Å²) in [6, 6.07) is 7.89. The fraction of sp³-hybridized carbons (Fsp3) is 0.524. The van der Waals surface area contributed by atoms with Crippen LogP contribution in [-0.4, -0.2) is 94.5 Å². The first kappa shape index (κ1) is 19.7. The summed E-state index contributed by atoms with van der Waals surface area (Å²) >= 11 is 0. The maximum absolute atomic E-state index is 12.6. The molecule has 2 saturated heterocycles. The van der Waals surface area contributed by atoms with E-state index in [1.54, 1.807) is 12.4 Å². The zero-order valence-electron chi connectivity index (χ0n) is 16.9. The van der Waals surface area contributed by atoms with Gasteiger partial charge in [-0.15, -0.1) is 0 Å². The molecule has 154 valence electrons. The Balaban J connectivity index is 1.15. The fourth-order valence-electron chi connectivity index (χ4n) is 3.91. The first-order valence-corrected chi connectivity index (χ1v) is 10.4. The molecule has 2 fully saturated rings. The summed E-state index contributed by atoms with van der Waals surface area (Å²) in [7, 11) is 0. The quantitative estimate of drug-likeness (QED) is 0.714. The van der Waals surface area contributed by atoms with Gasteiger partial charge in [-0.2, -0.15) is 0 Å². The summed E-state index contributed by atoms with van der Waals surface area (Å²) < 4.78 is 0. The molecule has 0 atom stereocenters. The molecule has 8 nitrogen and oxygen atoms in total. The topological polar surface area (TPSA) is 68.7 Å². The number of carbonyl (C=O) groups is 1. The van der Waals surface area contributed by atoms with Crippen LogP contribution in [0.4, 0.5) is 5.95 Å². The lowest BCUT2D eigenvalue weighted by Crippen LogP contribution is -2.50. The minimum absolute atomic E-state index is 0.259. The van der Waals surface area contributed by atoms with Gasteiger partial charge in [0.2, 0.25) is 11.9 Å². The van der Waals surface area contributed by atoms with E-state index in [2.05, 4.69) is 35.7 Å². The van der Waals surface area contributed by atoms with Crippen LogP contribution >= 0.6 is 0 Å². The van der Waals surface area contributed by atoms with Crippen LogP contribution in [0.25, 0.3) is 0 Å². The molecule has 29 heavy (non-hydrogen) atoms. The second kappa shape index (κ2) is 9.76. The van der Waals surface area contributed by atoms with Crippen LogP contribution in [0.15, 0.2) is 42.9 Å². The highest BCUT2D eigenvalue weighted by atomic mass is 16.2. The number of amides is 1. The van der Waals surface area contributed by atoms with Gasteiger partial charge in [-0.3, -0.25) is 14.7 Å². The van der Waals surface area contributed by atoms with Gasteiger partial charge in [0.25, 0.3) is 0 Å². The van der Waals surface area contributed by atoms with Crippen molar-refractivity contribution in [3.05, 3.63) is 48.5 Å². The highest BCUT2D eigenvalue weighted by Crippen LogP contribution is 2.11. The molecule has 0 N–H and O–H groups in total. The van der Waals surface area contributed by atoms with Gasteiger partial charge >= 0.3 is 0 Å². The molecule has 0 saturated carbocycles. The van der Waals surface area contributed by atoms with Crippen LogP contribution in [0.5, 0.6) is 0 Å². The smallest absolute Gasteiger partial charge is 0.225 e. The maximum Gasteiger partial charge on any atom is 0.225 e. The molecule has 0 radical (unpaired) electrons. The van der Waals surface area contributed by atoms with E-state index in [-0.39, 0.29) is 5.91 Å². The SMILES string of the molecule is O=C(CCN1CCN(Cc2ccccn2)CC1)N1CCN(c2ncccn2)CC1. The number of aromatic nitrogens is 3. The predicted octanol–water partition coefficient (Wildman–Crippen LogP) is 0.728. The number of pyridine rings is 1.